The number of carbonyl (C=O) groups excluding carboxylic acids is 2. The van der Waals surface area contributed by atoms with Gasteiger partial charge in [0, 0.05) is 19.7 Å². The van der Waals surface area contributed by atoms with Gasteiger partial charge in [-0.25, -0.2) is 0 Å². The Morgan fingerprint density at radius 2 is 1.61 bits per heavy atom. The summed E-state index contributed by atoms with van der Waals surface area (Å²) in [6.07, 6.45) is 1.57. The van der Waals surface area contributed by atoms with E-state index in [2.05, 4.69) is 5.32 Å². The summed E-state index contributed by atoms with van der Waals surface area (Å²) < 4.78 is 0. The van der Waals surface area contributed by atoms with Crippen LogP contribution >= 0.6 is 0 Å². The molecule has 0 aliphatic carbocycles. The van der Waals surface area contributed by atoms with E-state index in [9.17, 15) is 14.7 Å². The fourth-order valence-electron chi connectivity index (χ4n) is 1.91. The third kappa shape index (κ3) is 4.44. The third-order valence-corrected chi connectivity index (χ3v) is 3.12. The van der Waals surface area contributed by atoms with Gasteiger partial charge in [-0.2, -0.15) is 0 Å². The minimum Gasteiger partial charge on any atom is -0.508 e. The average molecular weight is 310 g/mol. The first-order valence-electron chi connectivity index (χ1n) is 7.06. The first kappa shape index (κ1) is 16.3. The first-order valence-corrected chi connectivity index (χ1v) is 7.06. The lowest BCUT2D eigenvalue weighted by atomic mass is 10.1. The third-order valence-electron chi connectivity index (χ3n) is 3.12. The molecule has 118 valence electrons. The van der Waals surface area contributed by atoms with Gasteiger partial charge in [-0.3, -0.25) is 9.59 Å². The van der Waals surface area contributed by atoms with Gasteiger partial charge in [0.25, 0.3) is 11.8 Å². The number of nitrogens with zero attached hydrogens (tertiary/aromatic N) is 1. The second-order valence-electron chi connectivity index (χ2n) is 5.17. The molecule has 0 bridgehead atoms. The lowest BCUT2D eigenvalue weighted by Gasteiger charge is -2.15. The molecule has 23 heavy (non-hydrogen) atoms. The van der Waals surface area contributed by atoms with Crippen LogP contribution in [-0.2, 0) is 4.79 Å². The molecule has 2 N–H and O–H groups in total. The van der Waals surface area contributed by atoms with Crippen LogP contribution in [0.3, 0.4) is 0 Å². The van der Waals surface area contributed by atoms with Gasteiger partial charge in [0.1, 0.15) is 11.4 Å². The smallest absolute Gasteiger partial charge is 0.269 e. The van der Waals surface area contributed by atoms with Gasteiger partial charge < -0.3 is 15.3 Å². The number of likely N-dealkylation sites (N-methyl/N-ethyl adjacent to an activating group) is 1. The fourth-order valence-corrected chi connectivity index (χ4v) is 1.91. The summed E-state index contributed by atoms with van der Waals surface area (Å²) >= 11 is 0. The predicted octanol–water partition coefficient (Wildman–Crippen LogP) is 2.25. The van der Waals surface area contributed by atoms with E-state index in [1.165, 1.54) is 17.0 Å². The maximum absolute atomic E-state index is 12.3. The molecule has 5 nitrogen and oxygen atoms in total. The molecule has 0 aliphatic rings. The van der Waals surface area contributed by atoms with Crippen molar-refractivity contribution >= 4 is 17.9 Å². The summed E-state index contributed by atoms with van der Waals surface area (Å²) in [7, 11) is 3.23. The molecule has 2 aromatic rings. The molecule has 0 unspecified atom stereocenters. The number of carbonyl (C=O) groups is 2. The zero-order valence-electron chi connectivity index (χ0n) is 13.0. The van der Waals surface area contributed by atoms with E-state index in [-0.39, 0.29) is 23.3 Å². The molecular weight excluding hydrogens is 292 g/mol. The van der Waals surface area contributed by atoms with Crippen molar-refractivity contribution in [2.45, 2.75) is 0 Å². The maximum Gasteiger partial charge on any atom is 0.269 e. The number of aromatic hydroxyl groups is 1. The van der Waals surface area contributed by atoms with Crippen molar-refractivity contribution in [3.8, 4) is 5.75 Å². The minimum absolute atomic E-state index is 0.135. The fraction of sp³-hybridized carbons (Fsp3) is 0.111. The van der Waals surface area contributed by atoms with Crippen LogP contribution in [0.2, 0.25) is 0 Å². The van der Waals surface area contributed by atoms with Crippen LogP contribution in [0.5, 0.6) is 5.75 Å². The van der Waals surface area contributed by atoms with Gasteiger partial charge in [0.15, 0.2) is 0 Å². The topological polar surface area (TPSA) is 69.6 Å². The lowest BCUT2D eigenvalue weighted by Crippen LogP contribution is -2.34. The van der Waals surface area contributed by atoms with Crippen LogP contribution < -0.4 is 5.32 Å². The predicted molar refractivity (Wildman–Crippen MR) is 88.7 cm³/mol. The van der Waals surface area contributed by atoms with Gasteiger partial charge >= 0.3 is 0 Å². The normalized spacial score (nSPS) is 11.0. The maximum atomic E-state index is 12.3. The van der Waals surface area contributed by atoms with Crippen molar-refractivity contribution in [1.82, 2.24) is 10.2 Å². The number of hydrogen-bond acceptors (Lipinski definition) is 3. The molecule has 0 saturated carbocycles. The average Bonchev–Trinajstić information content (AvgIpc) is 2.56. The number of phenolic OH excluding ortho intramolecular Hbond substituents is 1. The Morgan fingerprint density at radius 3 is 2.17 bits per heavy atom. The van der Waals surface area contributed by atoms with Gasteiger partial charge in [-0.15, -0.1) is 0 Å². The zero-order chi connectivity index (χ0) is 16.8. The Hall–Kier alpha value is -3.08. The summed E-state index contributed by atoms with van der Waals surface area (Å²) in [6, 6.07) is 15.0. The molecule has 0 aromatic heterocycles. The number of benzene rings is 2. The monoisotopic (exact) mass is 310 g/mol. The number of hydrogen-bond donors (Lipinski definition) is 2. The second-order valence-corrected chi connectivity index (χ2v) is 5.17. The Balaban J connectivity index is 2.29. The number of nitrogens with one attached hydrogen (secondary N) is 1. The van der Waals surface area contributed by atoms with Crippen LogP contribution in [0.4, 0.5) is 0 Å². The molecule has 0 atom stereocenters. The summed E-state index contributed by atoms with van der Waals surface area (Å²) in [5.41, 5.74) is 1.33. The Kier molecular flexibility index (Phi) is 5.15. The van der Waals surface area contributed by atoms with Gasteiger partial charge in [-0.05, 0) is 35.9 Å². The van der Waals surface area contributed by atoms with Gasteiger partial charge in [0.05, 0.1) is 0 Å². The molecule has 0 radical (unpaired) electrons. The number of amides is 2. The standard InChI is InChI=1S/C18H18N2O3/c1-20(2)18(23)16(12-13-8-10-15(21)11-9-13)19-17(22)14-6-4-3-5-7-14/h3-12,21H,1-2H3,(H,19,22). The second kappa shape index (κ2) is 7.26. The van der Waals surface area contributed by atoms with Crippen molar-refractivity contribution in [3.05, 3.63) is 71.4 Å². The van der Waals surface area contributed by atoms with E-state index in [4.69, 9.17) is 0 Å². The SMILES string of the molecule is CN(C)C(=O)C(=Cc1ccc(O)cc1)NC(=O)c1ccccc1. The highest BCUT2D eigenvalue weighted by Crippen LogP contribution is 2.13. The van der Waals surface area contributed by atoms with E-state index >= 15 is 0 Å². The summed E-state index contributed by atoms with van der Waals surface area (Å²) in [4.78, 5) is 25.9. The molecule has 0 aliphatic heterocycles. The van der Waals surface area contributed by atoms with Crippen molar-refractivity contribution in [2.75, 3.05) is 14.1 Å². The molecule has 5 heteroatoms. The Labute approximate surface area is 134 Å². The van der Waals surface area contributed by atoms with Crippen LogP contribution in [-0.4, -0.2) is 35.9 Å². The van der Waals surface area contributed by atoms with Gasteiger partial charge in [-0.1, -0.05) is 30.3 Å². The molecule has 2 amide bonds. The van der Waals surface area contributed by atoms with Crippen molar-refractivity contribution in [1.29, 1.82) is 0 Å². The molecule has 0 heterocycles. The molecule has 2 rings (SSSR count). The van der Waals surface area contributed by atoms with Crippen molar-refractivity contribution < 1.29 is 14.7 Å². The van der Waals surface area contributed by atoms with E-state index in [0.717, 1.165) is 0 Å². The number of rotatable bonds is 4. The quantitative estimate of drug-likeness (QED) is 0.851. The highest BCUT2D eigenvalue weighted by Gasteiger charge is 2.16. The molecule has 0 fully saturated rings. The van der Waals surface area contributed by atoms with Crippen molar-refractivity contribution in [3.63, 3.8) is 0 Å². The first-order chi connectivity index (χ1) is 11.0. The highest BCUT2D eigenvalue weighted by atomic mass is 16.3. The largest absolute Gasteiger partial charge is 0.508 e. The number of phenols is 1. The summed E-state index contributed by atoms with van der Waals surface area (Å²) in [5.74, 6) is -0.538. The van der Waals surface area contributed by atoms with E-state index < -0.39 is 0 Å². The minimum atomic E-state index is -0.356. The lowest BCUT2D eigenvalue weighted by molar-refractivity contribution is -0.124. The molecular formula is C18H18N2O3. The van der Waals surface area contributed by atoms with Crippen LogP contribution in [0.1, 0.15) is 15.9 Å². The van der Waals surface area contributed by atoms with Crippen LogP contribution in [0, 0.1) is 0 Å². The Bertz CT molecular complexity index is 720. The van der Waals surface area contributed by atoms with Crippen LogP contribution in [0.25, 0.3) is 6.08 Å². The van der Waals surface area contributed by atoms with E-state index in [1.54, 1.807) is 56.6 Å². The molecule has 2 aromatic carbocycles. The summed E-state index contributed by atoms with van der Waals surface area (Å²) in [5, 5.41) is 12.0. The van der Waals surface area contributed by atoms with E-state index in [0.29, 0.717) is 11.1 Å². The summed E-state index contributed by atoms with van der Waals surface area (Å²) in [6.45, 7) is 0. The van der Waals surface area contributed by atoms with Gasteiger partial charge in [0.2, 0.25) is 0 Å². The van der Waals surface area contributed by atoms with Crippen LogP contribution in [0.15, 0.2) is 60.3 Å². The highest BCUT2D eigenvalue weighted by molar-refractivity contribution is 6.05. The Morgan fingerprint density at radius 1 is 1.00 bits per heavy atom. The van der Waals surface area contributed by atoms with Crippen molar-refractivity contribution in [2.24, 2.45) is 0 Å². The zero-order valence-corrected chi connectivity index (χ0v) is 13.0. The molecule has 0 spiro atoms. The molecule has 0 saturated heterocycles. The van der Waals surface area contributed by atoms with E-state index in [1.807, 2.05) is 6.07 Å².